The highest BCUT2D eigenvalue weighted by Gasteiger charge is 2.25. The quantitative estimate of drug-likeness (QED) is 0.516. The molecule has 8 heteroatoms. The zero-order chi connectivity index (χ0) is 20.5. The molecule has 0 aliphatic carbocycles. The molecule has 4 heterocycles. The molecule has 0 atom stereocenters. The molecule has 1 aromatic carbocycles. The van der Waals surface area contributed by atoms with E-state index in [0.717, 1.165) is 16.3 Å². The third-order valence-electron chi connectivity index (χ3n) is 5.04. The number of rotatable bonds is 4. The maximum absolute atomic E-state index is 13.0. The summed E-state index contributed by atoms with van der Waals surface area (Å²) < 4.78 is 2.00. The van der Waals surface area contributed by atoms with Crippen LogP contribution in [0.15, 0.2) is 65.6 Å². The van der Waals surface area contributed by atoms with Crippen LogP contribution in [-0.2, 0) is 13.0 Å². The lowest BCUT2D eigenvalue weighted by Crippen LogP contribution is -2.35. The molecule has 1 N–H and O–H groups in total. The summed E-state index contributed by atoms with van der Waals surface area (Å²) >= 11 is 2.93. The second-order valence-electron chi connectivity index (χ2n) is 6.97. The number of hydrogen-bond acceptors (Lipinski definition) is 5. The second kappa shape index (κ2) is 7.89. The molecule has 6 nitrogen and oxygen atoms in total. The minimum absolute atomic E-state index is 0.0111. The summed E-state index contributed by atoms with van der Waals surface area (Å²) in [5.74, 6) is -0.143. The number of benzene rings is 1. The molecule has 0 fully saturated rings. The molecule has 0 radical (unpaired) electrons. The molecular formula is C22H18N4O2S2. The van der Waals surface area contributed by atoms with Gasteiger partial charge in [0.25, 0.3) is 11.8 Å². The molecule has 1 aliphatic rings. The van der Waals surface area contributed by atoms with E-state index in [9.17, 15) is 9.59 Å². The Labute approximate surface area is 181 Å². The zero-order valence-electron chi connectivity index (χ0n) is 15.9. The molecule has 0 bridgehead atoms. The van der Waals surface area contributed by atoms with Crippen molar-refractivity contribution in [3.63, 3.8) is 0 Å². The molecule has 0 saturated carbocycles. The summed E-state index contributed by atoms with van der Waals surface area (Å²) in [6, 6.07) is 13.4. The van der Waals surface area contributed by atoms with Gasteiger partial charge in [-0.15, -0.1) is 0 Å². The summed E-state index contributed by atoms with van der Waals surface area (Å²) in [6.45, 7) is 1.13. The molecule has 0 unspecified atom stereocenters. The Balaban J connectivity index is 1.28. The van der Waals surface area contributed by atoms with Gasteiger partial charge in [-0.3, -0.25) is 14.9 Å². The highest BCUT2D eigenvalue weighted by molar-refractivity contribution is 7.16. The number of nitrogens with zero attached hydrogens (tertiary/aromatic N) is 3. The average Bonchev–Trinajstić information content (AvgIpc) is 3.54. The number of amides is 2. The van der Waals surface area contributed by atoms with Gasteiger partial charge >= 0.3 is 0 Å². The van der Waals surface area contributed by atoms with Gasteiger partial charge in [-0.25, -0.2) is 4.98 Å². The number of nitrogens with one attached hydrogen (secondary N) is 1. The monoisotopic (exact) mass is 434 g/mol. The molecule has 3 aromatic heterocycles. The molecule has 0 spiro atoms. The van der Waals surface area contributed by atoms with Crippen molar-refractivity contribution < 1.29 is 9.59 Å². The van der Waals surface area contributed by atoms with Crippen LogP contribution in [0.5, 0.6) is 0 Å². The van der Waals surface area contributed by atoms with E-state index in [4.69, 9.17) is 0 Å². The third-order valence-corrected chi connectivity index (χ3v) is 6.72. The van der Waals surface area contributed by atoms with Crippen LogP contribution in [-0.4, -0.2) is 32.8 Å². The van der Waals surface area contributed by atoms with Crippen molar-refractivity contribution in [1.29, 1.82) is 0 Å². The Kier molecular flexibility index (Phi) is 4.94. The highest BCUT2D eigenvalue weighted by Crippen LogP contribution is 2.29. The van der Waals surface area contributed by atoms with E-state index in [-0.39, 0.29) is 11.8 Å². The van der Waals surface area contributed by atoms with Crippen LogP contribution in [0.3, 0.4) is 0 Å². The van der Waals surface area contributed by atoms with Crippen molar-refractivity contribution in [3.05, 3.63) is 87.3 Å². The first-order chi connectivity index (χ1) is 14.7. The minimum Gasteiger partial charge on any atom is -0.333 e. The molecular weight excluding hydrogens is 416 g/mol. The minimum atomic E-state index is -0.155. The molecule has 0 saturated heterocycles. The van der Waals surface area contributed by atoms with E-state index < -0.39 is 0 Å². The predicted molar refractivity (Wildman–Crippen MR) is 119 cm³/mol. The zero-order valence-corrected chi connectivity index (χ0v) is 17.6. The summed E-state index contributed by atoms with van der Waals surface area (Å²) in [5, 5.41) is 7.13. The molecule has 150 valence electrons. The van der Waals surface area contributed by atoms with Gasteiger partial charge in [-0.05, 0) is 47.8 Å². The number of carbonyl (C=O) groups is 2. The number of aromatic nitrogens is 2. The van der Waals surface area contributed by atoms with Crippen molar-refractivity contribution >= 4 is 39.6 Å². The number of fused-ring (bicyclic) bond motifs is 1. The fourth-order valence-electron chi connectivity index (χ4n) is 3.45. The standard InChI is InChI=1S/C22H18N4O2S2/c27-20(16-8-12-29-14-16)24-22-23-18-7-11-26(13-19(18)30-22)21(28)15-3-5-17(6-4-15)25-9-1-2-10-25/h1-6,8-10,12,14H,7,11,13H2,(H,23,24,27). The number of hydrogen-bond donors (Lipinski definition) is 1. The van der Waals surface area contributed by atoms with Crippen LogP contribution in [0.25, 0.3) is 5.69 Å². The average molecular weight is 435 g/mol. The Morgan fingerprint density at radius 3 is 2.57 bits per heavy atom. The van der Waals surface area contributed by atoms with E-state index in [1.54, 1.807) is 6.07 Å². The first-order valence-electron chi connectivity index (χ1n) is 9.52. The van der Waals surface area contributed by atoms with Crippen LogP contribution in [0.2, 0.25) is 0 Å². The highest BCUT2D eigenvalue weighted by atomic mass is 32.1. The van der Waals surface area contributed by atoms with Gasteiger partial charge in [0.1, 0.15) is 0 Å². The fraction of sp³-hybridized carbons (Fsp3) is 0.136. The normalized spacial score (nSPS) is 13.1. The van der Waals surface area contributed by atoms with E-state index in [1.165, 1.54) is 22.7 Å². The van der Waals surface area contributed by atoms with E-state index >= 15 is 0 Å². The van der Waals surface area contributed by atoms with Gasteiger partial charge in [0.2, 0.25) is 0 Å². The van der Waals surface area contributed by atoms with E-state index in [0.29, 0.717) is 35.8 Å². The lowest BCUT2D eigenvalue weighted by Gasteiger charge is -2.26. The summed E-state index contributed by atoms with van der Waals surface area (Å²) in [7, 11) is 0. The largest absolute Gasteiger partial charge is 0.333 e. The number of thiazole rings is 1. The Morgan fingerprint density at radius 2 is 1.83 bits per heavy atom. The lowest BCUT2D eigenvalue weighted by atomic mass is 10.1. The molecule has 5 rings (SSSR count). The number of carbonyl (C=O) groups excluding carboxylic acids is 2. The van der Waals surface area contributed by atoms with Crippen LogP contribution >= 0.6 is 22.7 Å². The molecule has 1 aliphatic heterocycles. The van der Waals surface area contributed by atoms with Gasteiger partial charge in [0, 0.05) is 46.9 Å². The molecule has 4 aromatic rings. The second-order valence-corrected chi connectivity index (χ2v) is 8.83. The van der Waals surface area contributed by atoms with Crippen molar-refractivity contribution in [2.24, 2.45) is 0 Å². The first kappa shape index (κ1) is 18.8. The van der Waals surface area contributed by atoms with Crippen LogP contribution in [0, 0.1) is 0 Å². The van der Waals surface area contributed by atoms with Crippen molar-refractivity contribution in [2.75, 3.05) is 11.9 Å². The fourth-order valence-corrected chi connectivity index (χ4v) is 5.11. The van der Waals surface area contributed by atoms with Gasteiger partial charge in [0.05, 0.1) is 17.8 Å². The maximum atomic E-state index is 13.0. The van der Waals surface area contributed by atoms with Gasteiger partial charge < -0.3 is 9.47 Å². The lowest BCUT2D eigenvalue weighted by molar-refractivity contribution is 0.0736. The van der Waals surface area contributed by atoms with Gasteiger partial charge in [-0.2, -0.15) is 11.3 Å². The van der Waals surface area contributed by atoms with Crippen LogP contribution in [0.1, 0.15) is 31.3 Å². The Morgan fingerprint density at radius 1 is 1.03 bits per heavy atom. The summed E-state index contributed by atoms with van der Waals surface area (Å²) in [4.78, 5) is 32.7. The summed E-state index contributed by atoms with van der Waals surface area (Å²) in [6.07, 6.45) is 4.64. The van der Waals surface area contributed by atoms with Crippen molar-refractivity contribution in [2.45, 2.75) is 13.0 Å². The number of anilines is 1. The molecule has 2 amide bonds. The van der Waals surface area contributed by atoms with Gasteiger partial charge in [-0.1, -0.05) is 11.3 Å². The van der Waals surface area contributed by atoms with Crippen molar-refractivity contribution in [1.82, 2.24) is 14.5 Å². The Bertz CT molecular complexity index is 1180. The van der Waals surface area contributed by atoms with Crippen LogP contribution < -0.4 is 5.32 Å². The predicted octanol–water partition coefficient (Wildman–Crippen LogP) is 4.45. The SMILES string of the molecule is O=C(Nc1nc2c(s1)CN(C(=O)c1ccc(-n3cccc3)cc1)CC2)c1ccsc1. The first-order valence-corrected chi connectivity index (χ1v) is 11.3. The third kappa shape index (κ3) is 3.67. The Hall–Kier alpha value is -3.23. The number of thiophene rings is 1. The molecule has 30 heavy (non-hydrogen) atoms. The smallest absolute Gasteiger partial charge is 0.258 e. The topological polar surface area (TPSA) is 67.2 Å². The van der Waals surface area contributed by atoms with Gasteiger partial charge in [0.15, 0.2) is 5.13 Å². The summed E-state index contributed by atoms with van der Waals surface area (Å²) in [5.41, 5.74) is 3.29. The van der Waals surface area contributed by atoms with E-state index in [1.807, 2.05) is 69.0 Å². The van der Waals surface area contributed by atoms with Crippen molar-refractivity contribution in [3.8, 4) is 5.69 Å². The van der Waals surface area contributed by atoms with E-state index in [2.05, 4.69) is 10.3 Å². The van der Waals surface area contributed by atoms with Crippen LogP contribution in [0.4, 0.5) is 5.13 Å². The maximum Gasteiger partial charge on any atom is 0.258 e.